The molecule has 1 saturated carbocycles. The third-order valence-electron chi connectivity index (χ3n) is 4.37. The minimum atomic E-state index is -0.231. The second kappa shape index (κ2) is 10.2. The number of carbonyl (C=O) groups is 1. The third-order valence-corrected chi connectivity index (χ3v) is 5.36. The second-order valence-corrected chi connectivity index (χ2v) is 7.51. The molecule has 2 aromatic rings. The minimum absolute atomic E-state index is 0.231. The first-order valence-corrected chi connectivity index (χ1v) is 10.4. The molecule has 1 aliphatic rings. The average molecular weight is 391 g/mol. The van der Waals surface area contributed by atoms with Crippen molar-refractivity contribution < 1.29 is 18.7 Å². The molecule has 0 spiro atoms. The molecular weight excluding hydrogens is 364 g/mol. The van der Waals surface area contributed by atoms with Crippen LogP contribution in [0.4, 0.5) is 10.5 Å². The number of urea groups is 1. The van der Waals surface area contributed by atoms with Gasteiger partial charge in [-0.15, -0.1) is 0 Å². The van der Waals surface area contributed by atoms with E-state index in [1.54, 1.807) is 25.1 Å². The van der Waals surface area contributed by atoms with E-state index in [1.165, 1.54) is 12.8 Å². The summed E-state index contributed by atoms with van der Waals surface area (Å²) >= 11 is 1.71. The number of ether oxygens (including phenoxy) is 2. The largest absolute Gasteiger partial charge is 0.493 e. The molecule has 0 saturated heterocycles. The number of thioether (sulfide) groups is 1. The van der Waals surface area contributed by atoms with E-state index in [4.69, 9.17) is 13.9 Å². The van der Waals surface area contributed by atoms with Crippen LogP contribution in [0.25, 0.3) is 0 Å². The Morgan fingerprint density at radius 3 is 2.85 bits per heavy atom. The van der Waals surface area contributed by atoms with E-state index < -0.39 is 0 Å². The highest BCUT2D eigenvalue weighted by molar-refractivity contribution is 7.98. The summed E-state index contributed by atoms with van der Waals surface area (Å²) in [7, 11) is 1.62. The fourth-order valence-corrected chi connectivity index (χ4v) is 3.77. The van der Waals surface area contributed by atoms with Crippen LogP contribution in [-0.2, 0) is 5.75 Å². The molecule has 2 N–H and O–H groups in total. The van der Waals surface area contributed by atoms with Crippen LogP contribution in [0, 0.1) is 0 Å². The van der Waals surface area contributed by atoms with Gasteiger partial charge < -0.3 is 24.5 Å². The predicted molar refractivity (Wildman–Crippen MR) is 108 cm³/mol. The predicted octanol–water partition coefficient (Wildman–Crippen LogP) is 4.66. The van der Waals surface area contributed by atoms with Gasteiger partial charge >= 0.3 is 6.03 Å². The summed E-state index contributed by atoms with van der Waals surface area (Å²) in [6, 6.07) is 9.04. The molecule has 0 unspecified atom stereocenters. The van der Waals surface area contributed by atoms with Gasteiger partial charge in [0, 0.05) is 24.1 Å². The number of rotatable bonds is 9. The van der Waals surface area contributed by atoms with Gasteiger partial charge in [-0.2, -0.15) is 11.8 Å². The van der Waals surface area contributed by atoms with Crippen molar-refractivity contribution in [1.82, 2.24) is 5.32 Å². The number of hydrogen-bond acceptors (Lipinski definition) is 5. The molecule has 7 heteroatoms. The number of hydrogen-bond donors (Lipinski definition) is 2. The number of anilines is 1. The van der Waals surface area contributed by atoms with Gasteiger partial charge in [-0.1, -0.05) is 0 Å². The number of benzene rings is 1. The van der Waals surface area contributed by atoms with Crippen LogP contribution in [0.1, 0.15) is 31.4 Å². The van der Waals surface area contributed by atoms with Crippen LogP contribution in [0.15, 0.2) is 41.0 Å². The average Bonchev–Trinajstić information content (AvgIpc) is 3.36. The lowest BCUT2D eigenvalue weighted by molar-refractivity contribution is 0.201. The van der Waals surface area contributed by atoms with E-state index in [2.05, 4.69) is 10.6 Å². The van der Waals surface area contributed by atoms with Crippen LogP contribution in [0.2, 0.25) is 0 Å². The molecule has 1 aromatic heterocycles. The first kappa shape index (κ1) is 19.5. The molecule has 1 aliphatic carbocycles. The Morgan fingerprint density at radius 2 is 2.11 bits per heavy atom. The smallest absolute Gasteiger partial charge is 0.319 e. The lowest BCUT2D eigenvalue weighted by atomic mass is 10.2. The zero-order valence-electron chi connectivity index (χ0n) is 15.5. The van der Waals surface area contributed by atoms with Crippen molar-refractivity contribution in [3.8, 4) is 11.5 Å². The van der Waals surface area contributed by atoms with Crippen LogP contribution in [0.3, 0.4) is 0 Å². The molecule has 2 amide bonds. The van der Waals surface area contributed by atoms with Crippen molar-refractivity contribution in [1.29, 1.82) is 0 Å². The van der Waals surface area contributed by atoms with Gasteiger partial charge in [-0.05, 0) is 49.9 Å². The highest BCUT2D eigenvalue weighted by Crippen LogP contribution is 2.33. The molecule has 0 aliphatic heterocycles. The van der Waals surface area contributed by atoms with Gasteiger partial charge in [0.2, 0.25) is 0 Å². The van der Waals surface area contributed by atoms with Crippen LogP contribution < -0.4 is 20.1 Å². The Morgan fingerprint density at radius 1 is 1.26 bits per heavy atom. The molecule has 1 fully saturated rings. The van der Waals surface area contributed by atoms with Crippen molar-refractivity contribution in [2.75, 3.05) is 24.7 Å². The maximum atomic E-state index is 12.1. The first-order valence-electron chi connectivity index (χ1n) is 9.24. The van der Waals surface area contributed by atoms with Crippen molar-refractivity contribution in [2.45, 2.75) is 37.5 Å². The summed E-state index contributed by atoms with van der Waals surface area (Å²) in [5.41, 5.74) is 0.685. The van der Waals surface area contributed by atoms with Gasteiger partial charge in [-0.3, -0.25) is 0 Å². The lowest BCUT2D eigenvalue weighted by Crippen LogP contribution is -2.30. The SMILES string of the molecule is COc1ccc(NC(=O)NCCSCc2ccco2)cc1OC1CCCC1. The van der Waals surface area contributed by atoms with Gasteiger partial charge in [0.15, 0.2) is 11.5 Å². The standard InChI is InChI=1S/C20H26N2O4S/c1-24-18-9-8-15(13-19(18)26-16-5-2-3-6-16)22-20(23)21-10-12-27-14-17-7-4-11-25-17/h4,7-9,11,13,16H,2-3,5-6,10,12,14H2,1H3,(H2,21,22,23). The summed E-state index contributed by atoms with van der Waals surface area (Å²) in [5, 5.41) is 5.71. The molecule has 6 nitrogen and oxygen atoms in total. The van der Waals surface area contributed by atoms with Crippen LogP contribution in [0.5, 0.6) is 11.5 Å². The van der Waals surface area contributed by atoms with E-state index in [9.17, 15) is 4.79 Å². The summed E-state index contributed by atoms with van der Waals surface area (Å²) < 4.78 is 16.7. The summed E-state index contributed by atoms with van der Waals surface area (Å²) in [4.78, 5) is 12.1. The molecule has 3 rings (SSSR count). The Balaban J connectivity index is 1.43. The Hall–Kier alpha value is -2.28. The fraction of sp³-hybridized carbons (Fsp3) is 0.450. The number of furan rings is 1. The van der Waals surface area contributed by atoms with E-state index in [0.717, 1.165) is 30.1 Å². The van der Waals surface area contributed by atoms with Crippen molar-refractivity contribution in [3.05, 3.63) is 42.4 Å². The first-order chi connectivity index (χ1) is 13.2. The number of amides is 2. The minimum Gasteiger partial charge on any atom is -0.493 e. The lowest BCUT2D eigenvalue weighted by Gasteiger charge is -2.17. The Kier molecular flexibility index (Phi) is 7.33. The quantitative estimate of drug-likeness (QED) is 0.609. The Labute approximate surface area is 164 Å². The zero-order chi connectivity index (χ0) is 18.9. The van der Waals surface area contributed by atoms with Crippen LogP contribution >= 0.6 is 11.8 Å². The fourth-order valence-electron chi connectivity index (χ4n) is 3.01. The van der Waals surface area contributed by atoms with Crippen molar-refractivity contribution in [2.24, 2.45) is 0 Å². The third kappa shape index (κ3) is 6.13. The maximum absolute atomic E-state index is 12.1. The Bertz CT molecular complexity index is 715. The highest BCUT2D eigenvalue weighted by atomic mass is 32.2. The van der Waals surface area contributed by atoms with Gasteiger partial charge in [0.05, 0.1) is 25.2 Å². The molecule has 0 radical (unpaired) electrons. The van der Waals surface area contributed by atoms with Gasteiger partial charge in [0.25, 0.3) is 0 Å². The molecule has 27 heavy (non-hydrogen) atoms. The zero-order valence-corrected chi connectivity index (χ0v) is 16.3. The molecule has 0 atom stereocenters. The number of nitrogens with one attached hydrogen (secondary N) is 2. The summed E-state index contributed by atoms with van der Waals surface area (Å²) in [6.07, 6.45) is 6.43. The summed E-state index contributed by atoms with van der Waals surface area (Å²) in [5.74, 6) is 3.92. The summed E-state index contributed by atoms with van der Waals surface area (Å²) in [6.45, 7) is 0.582. The molecular formula is C20H26N2O4S. The van der Waals surface area contributed by atoms with E-state index in [1.807, 2.05) is 30.3 Å². The number of methoxy groups -OCH3 is 1. The maximum Gasteiger partial charge on any atom is 0.319 e. The molecule has 1 heterocycles. The normalized spacial score (nSPS) is 14.1. The van der Waals surface area contributed by atoms with E-state index in [0.29, 0.717) is 23.7 Å². The van der Waals surface area contributed by atoms with Crippen molar-refractivity contribution in [3.63, 3.8) is 0 Å². The van der Waals surface area contributed by atoms with Crippen LogP contribution in [-0.4, -0.2) is 31.5 Å². The number of carbonyl (C=O) groups excluding carboxylic acids is 1. The van der Waals surface area contributed by atoms with Gasteiger partial charge in [0.1, 0.15) is 5.76 Å². The molecule has 1 aromatic carbocycles. The highest BCUT2D eigenvalue weighted by Gasteiger charge is 2.18. The monoisotopic (exact) mass is 390 g/mol. The van der Waals surface area contributed by atoms with E-state index >= 15 is 0 Å². The van der Waals surface area contributed by atoms with E-state index in [-0.39, 0.29) is 12.1 Å². The van der Waals surface area contributed by atoms with Gasteiger partial charge in [-0.25, -0.2) is 4.79 Å². The topological polar surface area (TPSA) is 72.7 Å². The van der Waals surface area contributed by atoms with Crippen molar-refractivity contribution >= 4 is 23.5 Å². The molecule has 0 bridgehead atoms. The molecule has 146 valence electrons. The second-order valence-electron chi connectivity index (χ2n) is 6.40.